The molecule has 15 heteroatoms. The van der Waals surface area contributed by atoms with E-state index in [1.54, 1.807) is 12.1 Å². The number of benzene rings is 3. The van der Waals surface area contributed by atoms with E-state index in [9.17, 15) is 22.8 Å². The van der Waals surface area contributed by atoms with Crippen LogP contribution >= 0.6 is 11.6 Å². The van der Waals surface area contributed by atoms with Crippen LogP contribution in [0.15, 0.2) is 85.1 Å². The van der Waals surface area contributed by atoms with E-state index in [0.717, 1.165) is 12.1 Å². The highest BCUT2D eigenvalue weighted by Gasteiger charge is 2.33. The highest BCUT2D eigenvalue weighted by molar-refractivity contribution is 6.58. The molecule has 0 atom stereocenters. The molecule has 4 aromatic rings. The van der Waals surface area contributed by atoms with E-state index >= 15 is 0 Å². The number of carbonyl (C=O) groups is 2. The van der Waals surface area contributed by atoms with Crippen LogP contribution in [0.3, 0.4) is 0 Å². The number of ether oxygens (including phenoxy) is 1. The third-order valence-electron chi connectivity index (χ3n) is 5.52. The van der Waals surface area contributed by atoms with Crippen LogP contribution in [0.5, 0.6) is 11.5 Å². The summed E-state index contributed by atoms with van der Waals surface area (Å²) < 4.78 is 44.9. The first kappa shape index (κ1) is 30.3. The van der Waals surface area contributed by atoms with Gasteiger partial charge in [0.1, 0.15) is 17.2 Å². The number of halogens is 4. The van der Waals surface area contributed by atoms with Gasteiger partial charge in [-0.1, -0.05) is 35.9 Å². The molecule has 0 aliphatic heterocycles. The Morgan fingerprint density at radius 1 is 0.881 bits per heavy atom. The van der Waals surface area contributed by atoms with Gasteiger partial charge in [-0.2, -0.15) is 13.2 Å². The monoisotopic (exact) mass is 600 g/mol. The molecule has 0 spiro atoms. The van der Waals surface area contributed by atoms with Gasteiger partial charge >= 0.3 is 19.3 Å². The lowest BCUT2D eigenvalue weighted by Crippen LogP contribution is -2.29. The van der Waals surface area contributed by atoms with Gasteiger partial charge in [-0.25, -0.2) is 10.3 Å². The summed E-state index contributed by atoms with van der Waals surface area (Å²) in [6, 6.07) is 17.5. The number of amides is 3. The van der Waals surface area contributed by atoms with Crippen LogP contribution in [0.2, 0.25) is 5.02 Å². The predicted octanol–water partition coefficient (Wildman–Crippen LogP) is 4.73. The number of aromatic nitrogens is 1. The van der Waals surface area contributed by atoms with Crippen molar-refractivity contribution >= 4 is 47.5 Å². The first-order chi connectivity index (χ1) is 20.0. The number of urea groups is 1. The number of alkyl halides is 3. The summed E-state index contributed by atoms with van der Waals surface area (Å²) in [5, 5.41) is 22.6. The quantitative estimate of drug-likeness (QED) is 0.138. The van der Waals surface area contributed by atoms with Crippen LogP contribution in [-0.4, -0.2) is 34.1 Å². The number of nitrogens with one attached hydrogen (secondary N) is 3. The molecular formula is C27H21BClF3N4O6. The molecule has 10 nitrogen and oxygen atoms in total. The van der Waals surface area contributed by atoms with Gasteiger partial charge in [-0.15, -0.1) is 0 Å². The standard InChI is InChI=1S/C27H21BClF3N4O6/c29-23-10-7-19(13-22(23)27(30,31)32)35-26(38)34-18-5-8-20(9-6-18)42-21-11-12-33-24(14-21)25(37)36-41-15-16-1-3-17(4-2-16)28(39)40/h1-14,39-40H,15H2,(H,36,37)(H2,34,35,38). The van der Waals surface area contributed by atoms with Crippen LogP contribution in [0.25, 0.3) is 0 Å². The molecule has 1 heterocycles. The maximum Gasteiger partial charge on any atom is 0.488 e. The summed E-state index contributed by atoms with van der Waals surface area (Å²) in [7, 11) is -1.58. The van der Waals surface area contributed by atoms with Crippen molar-refractivity contribution < 1.29 is 42.4 Å². The zero-order valence-corrected chi connectivity index (χ0v) is 22.1. The number of pyridine rings is 1. The molecule has 42 heavy (non-hydrogen) atoms. The van der Waals surface area contributed by atoms with Gasteiger partial charge in [0.15, 0.2) is 0 Å². The predicted molar refractivity (Wildman–Crippen MR) is 148 cm³/mol. The second-order valence-corrected chi connectivity index (χ2v) is 9.02. The molecule has 3 amide bonds. The lowest BCUT2D eigenvalue weighted by Gasteiger charge is -2.12. The number of hydroxylamine groups is 1. The minimum absolute atomic E-state index is 0.0112. The third kappa shape index (κ3) is 8.44. The number of hydrogen-bond acceptors (Lipinski definition) is 7. The molecule has 0 bridgehead atoms. The number of anilines is 2. The van der Waals surface area contributed by atoms with E-state index in [0.29, 0.717) is 22.5 Å². The first-order valence-corrected chi connectivity index (χ1v) is 12.4. The average molecular weight is 601 g/mol. The number of nitrogens with zero attached hydrogens (tertiary/aromatic N) is 1. The SMILES string of the molecule is O=C(Nc1ccc(Oc2ccnc(C(=O)NOCc3ccc(B(O)O)cc3)c2)cc1)Nc1ccc(Cl)c(C(F)(F)F)c1. The molecule has 0 aliphatic carbocycles. The van der Waals surface area contributed by atoms with Crippen LogP contribution in [0.1, 0.15) is 21.6 Å². The van der Waals surface area contributed by atoms with Gasteiger partial charge in [-0.3, -0.25) is 14.6 Å². The maximum atomic E-state index is 13.0. The molecule has 0 fully saturated rings. The summed E-state index contributed by atoms with van der Waals surface area (Å²) in [6.45, 7) is 0.0242. The molecule has 4 rings (SSSR count). The smallest absolute Gasteiger partial charge is 0.457 e. The number of hydrogen-bond donors (Lipinski definition) is 5. The van der Waals surface area contributed by atoms with Gasteiger partial charge < -0.3 is 25.4 Å². The molecular weight excluding hydrogens is 580 g/mol. The number of rotatable bonds is 9. The van der Waals surface area contributed by atoms with Gasteiger partial charge in [0.2, 0.25) is 0 Å². The highest BCUT2D eigenvalue weighted by atomic mass is 35.5. The lowest BCUT2D eigenvalue weighted by atomic mass is 9.80. The highest BCUT2D eigenvalue weighted by Crippen LogP contribution is 2.36. The lowest BCUT2D eigenvalue weighted by molar-refractivity contribution is -0.137. The van der Waals surface area contributed by atoms with E-state index in [1.807, 2.05) is 0 Å². The fourth-order valence-electron chi connectivity index (χ4n) is 3.48. The van der Waals surface area contributed by atoms with Crippen molar-refractivity contribution in [3.05, 3.63) is 107 Å². The van der Waals surface area contributed by atoms with E-state index in [-0.39, 0.29) is 23.7 Å². The summed E-state index contributed by atoms with van der Waals surface area (Å²) in [4.78, 5) is 33.9. The molecule has 5 N–H and O–H groups in total. The van der Waals surface area contributed by atoms with Crippen molar-refractivity contribution in [1.29, 1.82) is 0 Å². The second kappa shape index (κ2) is 13.4. The zero-order chi connectivity index (χ0) is 30.3. The van der Waals surface area contributed by atoms with Crippen molar-refractivity contribution in [1.82, 2.24) is 10.5 Å². The molecule has 0 saturated carbocycles. The van der Waals surface area contributed by atoms with Crippen molar-refractivity contribution in [2.75, 3.05) is 10.6 Å². The second-order valence-electron chi connectivity index (χ2n) is 8.61. The largest absolute Gasteiger partial charge is 0.488 e. The third-order valence-corrected chi connectivity index (χ3v) is 5.85. The van der Waals surface area contributed by atoms with Crippen LogP contribution < -0.4 is 26.3 Å². The Morgan fingerprint density at radius 3 is 2.21 bits per heavy atom. The molecule has 1 aromatic heterocycles. The Bertz CT molecular complexity index is 1560. The van der Waals surface area contributed by atoms with Gasteiger partial charge in [0.05, 0.1) is 17.2 Å². The Morgan fingerprint density at radius 2 is 1.55 bits per heavy atom. The molecule has 3 aromatic carbocycles. The van der Waals surface area contributed by atoms with Crippen molar-refractivity contribution in [2.45, 2.75) is 12.8 Å². The van der Waals surface area contributed by atoms with Gasteiger partial charge in [0.25, 0.3) is 5.91 Å². The van der Waals surface area contributed by atoms with Crippen LogP contribution in [0, 0.1) is 0 Å². The number of carbonyl (C=O) groups excluding carboxylic acids is 2. The Balaban J connectivity index is 1.28. The summed E-state index contributed by atoms with van der Waals surface area (Å²) in [6.07, 6.45) is -3.31. The van der Waals surface area contributed by atoms with Gasteiger partial charge in [0, 0.05) is 23.6 Å². The van der Waals surface area contributed by atoms with Crippen molar-refractivity contribution in [2.24, 2.45) is 0 Å². The Kier molecular flexibility index (Phi) is 9.65. The van der Waals surface area contributed by atoms with Gasteiger partial charge in [-0.05, 0) is 59.6 Å². The summed E-state index contributed by atoms with van der Waals surface area (Å²) >= 11 is 5.60. The van der Waals surface area contributed by atoms with Crippen molar-refractivity contribution in [3.63, 3.8) is 0 Å². The van der Waals surface area contributed by atoms with Crippen molar-refractivity contribution in [3.8, 4) is 11.5 Å². The summed E-state index contributed by atoms with van der Waals surface area (Å²) in [5.74, 6) is 0.0187. The summed E-state index contributed by atoms with van der Waals surface area (Å²) in [5.41, 5.74) is 2.45. The molecule has 0 saturated heterocycles. The molecule has 0 radical (unpaired) electrons. The molecule has 0 unspecified atom stereocenters. The molecule has 216 valence electrons. The van der Waals surface area contributed by atoms with Crippen LogP contribution in [-0.2, 0) is 17.6 Å². The minimum atomic E-state index is -4.67. The topological polar surface area (TPSA) is 142 Å². The zero-order valence-electron chi connectivity index (χ0n) is 21.4. The Hall–Kier alpha value is -4.63. The Labute approximate surface area is 242 Å². The maximum absolute atomic E-state index is 13.0. The molecule has 0 aliphatic rings. The first-order valence-electron chi connectivity index (χ1n) is 12.0. The fraction of sp³-hybridized carbons (Fsp3) is 0.0741. The van der Waals surface area contributed by atoms with E-state index in [2.05, 4.69) is 21.1 Å². The van der Waals surface area contributed by atoms with Crippen LogP contribution in [0.4, 0.5) is 29.3 Å². The van der Waals surface area contributed by atoms with E-state index < -0.39 is 35.8 Å². The fourth-order valence-corrected chi connectivity index (χ4v) is 3.70. The van der Waals surface area contributed by atoms with E-state index in [1.165, 1.54) is 60.8 Å². The van der Waals surface area contributed by atoms with E-state index in [4.69, 9.17) is 31.2 Å². The average Bonchev–Trinajstić information content (AvgIpc) is 2.95. The normalized spacial score (nSPS) is 11.0. The minimum Gasteiger partial charge on any atom is -0.457 e.